The average Bonchev–Trinajstić information content (AvgIpc) is 2.40. The van der Waals surface area contributed by atoms with Gasteiger partial charge in [-0.15, -0.1) is 0 Å². The van der Waals surface area contributed by atoms with E-state index >= 15 is 0 Å². The predicted octanol–water partition coefficient (Wildman–Crippen LogP) is 2.29. The summed E-state index contributed by atoms with van der Waals surface area (Å²) in [4.78, 5) is 19.5. The van der Waals surface area contributed by atoms with Crippen LogP contribution in [-0.4, -0.2) is 22.5 Å². The van der Waals surface area contributed by atoms with Gasteiger partial charge in [-0.05, 0) is 19.1 Å². The van der Waals surface area contributed by atoms with Crippen molar-refractivity contribution < 1.29 is 9.53 Å². The summed E-state index contributed by atoms with van der Waals surface area (Å²) in [5.41, 5.74) is 6.68. The largest absolute Gasteiger partial charge is 0.493 e. The van der Waals surface area contributed by atoms with Gasteiger partial charge in [0.1, 0.15) is 10.9 Å². The van der Waals surface area contributed by atoms with Gasteiger partial charge < -0.3 is 10.5 Å². The zero-order valence-electron chi connectivity index (χ0n) is 10.3. The van der Waals surface area contributed by atoms with Crippen molar-refractivity contribution in [2.45, 2.75) is 6.92 Å². The lowest BCUT2D eigenvalue weighted by molar-refractivity contribution is 0.100. The molecule has 0 bridgehead atoms. The Kier molecular flexibility index (Phi) is 3.97. The van der Waals surface area contributed by atoms with E-state index in [0.29, 0.717) is 23.5 Å². The summed E-state index contributed by atoms with van der Waals surface area (Å²) < 4.78 is 5.50. The summed E-state index contributed by atoms with van der Waals surface area (Å²) in [5, 5.41) is 0.185. The van der Waals surface area contributed by atoms with E-state index in [9.17, 15) is 4.79 Å². The highest BCUT2D eigenvalue weighted by atomic mass is 35.5. The van der Waals surface area contributed by atoms with Crippen molar-refractivity contribution >= 4 is 17.5 Å². The molecule has 0 aliphatic heterocycles. The predicted molar refractivity (Wildman–Crippen MR) is 72.2 cm³/mol. The van der Waals surface area contributed by atoms with Crippen LogP contribution in [0.3, 0.4) is 0 Å². The van der Waals surface area contributed by atoms with Crippen LogP contribution in [0.4, 0.5) is 0 Å². The molecule has 6 heteroatoms. The Morgan fingerprint density at radius 2 is 2.21 bits per heavy atom. The van der Waals surface area contributed by atoms with Gasteiger partial charge in [-0.2, -0.15) is 0 Å². The van der Waals surface area contributed by atoms with Crippen LogP contribution in [-0.2, 0) is 0 Å². The lowest BCUT2D eigenvalue weighted by Crippen LogP contribution is -2.13. The first kappa shape index (κ1) is 13.3. The zero-order chi connectivity index (χ0) is 13.8. The Hall–Kier alpha value is -2.14. The third kappa shape index (κ3) is 2.66. The zero-order valence-corrected chi connectivity index (χ0v) is 11.0. The standard InChI is InChI=1S/C13H12ClN3O2/c1-2-19-10-4-5-16-7-9(10)11-8(13(15)18)3-6-17-12(11)14/h3-7H,2H2,1H3,(H2,15,18). The van der Waals surface area contributed by atoms with Crippen molar-refractivity contribution in [3.63, 3.8) is 0 Å². The Balaban J connectivity index is 2.68. The third-order valence-corrected chi connectivity index (χ3v) is 2.81. The van der Waals surface area contributed by atoms with Gasteiger partial charge in [-0.25, -0.2) is 4.98 Å². The normalized spacial score (nSPS) is 10.2. The molecule has 0 saturated heterocycles. The van der Waals surface area contributed by atoms with Crippen LogP contribution < -0.4 is 10.5 Å². The number of nitrogens with zero attached hydrogens (tertiary/aromatic N) is 2. The number of hydrogen-bond donors (Lipinski definition) is 1. The van der Waals surface area contributed by atoms with Gasteiger partial charge in [0.05, 0.1) is 12.2 Å². The van der Waals surface area contributed by atoms with E-state index in [2.05, 4.69) is 9.97 Å². The van der Waals surface area contributed by atoms with Crippen molar-refractivity contribution in [2.24, 2.45) is 5.73 Å². The lowest BCUT2D eigenvalue weighted by atomic mass is 10.0. The molecule has 0 fully saturated rings. The van der Waals surface area contributed by atoms with E-state index in [1.54, 1.807) is 18.5 Å². The average molecular weight is 278 g/mol. The fourth-order valence-corrected chi connectivity index (χ4v) is 2.01. The SMILES string of the molecule is CCOc1ccncc1-c1c(C(N)=O)ccnc1Cl. The molecule has 0 aromatic carbocycles. The second-order valence-corrected chi connectivity index (χ2v) is 4.05. The summed E-state index contributed by atoms with van der Waals surface area (Å²) in [7, 11) is 0. The second kappa shape index (κ2) is 5.67. The maximum absolute atomic E-state index is 11.5. The quantitative estimate of drug-likeness (QED) is 0.870. The van der Waals surface area contributed by atoms with Crippen molar-refractivity contribution in [1.82, 2.24) is 9.97 Å². The van der Waals surface area contributed by atoms with Crippen molar-refractivity contribution in [2.75, 3.05) is 6.61 Å². The molecule has 0 aliphatic rings. The van der Waals surface area contributed by atoms with Crippen LogP contribution in [0, 0.1) is 0 Å². The highest BCUT2D eigenvalue weighted by Gasteiger charge is 2.18. The molecule has 5 nitrogen and oxygen atoms in total. The smallest absolute Gasteiger partial charge is 0.249 e. The summed E-state index contributed by atoms with van der Waals surface area (Å²) in [6.07, 6.45) is 4.60. The van der Waals surface area contributed by atoms with E-state index in [1.807, 2.05) is 6.92 Å². The molecule has 0 aliphatic carbocycles. The molecule has 0 unspecified atom stereocenters. The van der Waals surface area contributed by atoms with Crippen LogP contribution in [0.1, 0.15) is 17.3 Å². The fourth-order valence-electron chi connectivity index (χ4n) is 1.75. The molecular weight excluding hydrogens is 266 g/mol. The van der Waals surface area contributed by atoms with E-state index in [1.165, 1.54) is 12.3 Å². The molecule has 0 saturated carbocycles. The van der Waals surface area contributed by atoms with Gasteiger partial charge in [0, 0.05) is 29.7 Å². The number of aromatic nitrogens is 2. The first-order valence-corrected chi connectivity index (χ1v) is 6.04. The topological polar surface area (TPSA) is 78.1 Å². The van der Waals surface area contributed by atoms with Crippen molar-refractivity contribution in [3.8, 4) is 16.9 Å². The number of halogens is 1. The molecule has 2 aromatic rings. The fraction of sp³-hybridized carbons (Fsp3) is 0.154. The van der Waals surface area contributed by atoms with Gasteiger partial charge in [0.2, 0.25) is 5.91 Å². The van der Waals surface area contributed by atoms with Crippen LogP contribution in [0.5, 0.6) is 5.75 Å². The van der Waals surface area contributed by atoms with Crippen molar-refractivity contribution in [1.29, 1.82) is 0 Å². The number of ether oxygens (including phenoxy) is 1. The molecule has 0 spiro atoms. The number of carbonyl (C=O) groups is 1. The number of primary amides is 1. The monoisotopic (exact) mass is 277 g/mol. The highest BCUT2D eigenvalue weighted by molar-refractivity contribution is 6.33. The number of rotatable bonds is 4. The van der Waals surface area contributed by atoms with Crippen LogP contribution in [0.15, 0.2) is 30.7 Å². The number of nitrogens with two attached hydrogens (primary N) is 1. The van der Waals surface area contributed by atoms with Gasteiger partial charge in [-0.3, -0.25) is 9.78 Å². The Labute approximate surface area is 115 Å². The van der Waals surface area contributed by atoms with Crippen LogP contribution >= 0.6 is 11.6 Å². The first-order valence-electron chi connectivity index (χ1n) is 5.66. The summed E-state index contributed by atoms with van der Waals surface area (Å²) in [5.74, 6) is 0.000464. The molecule has 0 atom stereocenters. The van der Waals surface area contributed by atoms with Crippen LogP contribution in [0.25, 0.3) is 11.1 Å². The van der Waals surface area contributed by atoms with Gasteiger partial charge >= 0.3 is 0 Å². The number of pyridine rings is 2. The summed E-state index contributed by atoms with van der Waals surface area (Å²) in [6, 6.07) is 3.22. The van der Waals surface area contributed by atoms with E-state index in [-0.39, 0.29) is 10.7 Å². The molecule has 19 heavy (non-hydrogen) atoms. The second-order valence-electron chi connectivity index (χ2n) is 3.69. The molecule has 2 rings (SSSR count). The minimum atomic E-state index is -0.578. The Bertz CT molecular complexity index is 617. The highest BCUT2D eigenvalue weighted by Crippen LogP contribution is 2.35. The number of carbonyl (C=O) groups excluding carboxylic acids is 1. The molecule has 98 valence electrons. The number of amides is 1. The molecule has 2 aromatic heterocycles. The third-order valence-electron chi connectivity index (χ3n) is 2.52. The Morgan fingerprint density at radius 3 is 2.89 bits per heavy atom. The van der Waals surface area contributed by atoms with E-state index < -0.39 is 5.91 Å². The van der Waals surface area contributed by atoms with Gasteiger partial charge in [0.25, 0.3) is 0 Å². The summed E-state index contributed by atoms with van der Waals surface area (Å²) >= 11 is 6.08. The van der Waals surface area contributed by atoms with Crippen molar-refractivity contribution in [3.05, 3.63) is 41.4 Å². The molecule has 1 amide bonds. The molecular formula is C13H12ClN3O2. The Morgan fingerprint density at radius 1 is 1.42 bits per heavy atom. The van der Waals surface area contributed by atoms with Gasteiger partial charge in [-0.1, -0.05) is 11.6 Å². The van der Waals surface area contributed by atoms with Gasteiger partial charge in [0.15, 0.2) is 0 Å². The molecule has 2 N–H and O–H groups in total. The number of hydrogen-bond acceptors (Lipinski definition) is 4. The van der Waals surface area contributed by atoms with E-state index in [0.717, 1.165) is 0 Å². The summed E-state index contributed by atoms with van der Waals surface area (Å²) in [6.45, 7) is 2.35. The maximum atomic E-state index is 11.5. The minimum absolute atomic E-state index is 0.185. The minimum Gasteiger partial charge on any atom is -0.493 e. The maximum Gasteiger partial charge on any atom is 0.249 e. The van der Waals surface area contributed by atoms with E-state index in [4.69, 9.17) is 22.1 Å². The molecule has 2 heterocycles. The molecule has 0 radical (unpaired) electrons. The lowest BCUT2D eigenvalue weighted by Gasteiger charge is -2.12. The van der Waals surface area contributed by atoms with Crippen LogP contribution in [0.2, 0.25) is 5.15 Å². The first-order chi connectivity index (χ1) is 9.15.